The van der Waals surface area contributed by atoms with Crippen LogP contribution in [0, 0.1) is 0 Å². The lowest BCUT2D eigenvalue weighted by Crippen LogP contribution is -2.66. The molecule has 28 heavy (non-hydrogen) atoms. The lowest BCUT2D eigenvalue weighted by Gasteiger charge is -2.46. The van der Waals surface area contributed by atoms with Crippen LogP contribution in [0.2, 0.25) is 6.55 Å². The average molecular weight is 421 g/mol. The molecule has 0 aromatic rings. The van der Waals surface area contributed by atoms with Gasteiger partial charge in [0, 0.05) is 18.8 Å². The van der Waals surface area contributed by atoms with Gasteiger partial charge in [0.05, 0.1) is 6.61 Å². The molecule has 0 aromatic carbocycles. The predicted octanol–water partition coefficient (Wildman–Crippen LogP) is 2.82. The molecule has 3 heterocycles. The Morgan fingerprint density at radius 2 is 1.50 bits per heavy atom. The highest BCUT2D eigenvalue weighted by Crippen LogP contribution is 2.46. The summed E-state index contributed by atoms with van der Waals surface area (Å²) in [6.45, 7) is 17.8. The van der Waals surface area contributed by atoms with Crippen LogP contribution in [-0.2, 0) is 37.0 Å². The average Bonchev–Trinajstić information content (AvgIpc) is 2.97. The van der Waals surface area contributed by atoms with Crippen molar-refractivity contribution < 1.29 is 37.0 Å². The van der Waals surface area contributed by atoms with Crippen molar-refractivity contribution in [1.82, 2.24) is 0 Å². The number of hydrogen-bond donors (Lipinski definition) is 0. The van der Waals surface area contributed by atoms with Gasteiger partial charge >= 0.3 is 8.80 Å². The summed E-state index contributed by atoms with van der Waals surface area (Å²) in [5.74, 6) is -2.64. The first kappa shape index (κ1) is 22.6. The van der Waals surface area contributed by atoms with Crippen LogP contribution in [0.15, 0.2) is 0 Å². The fourth-order valence-corrected chi connectivity index (χ4v) is 6.75. The molecule has 0 aliphatic carbocycles. The van der Waals surface area contributed by atoms with Crippen LogP contribution in [0.4, 0.5) is 0 Å². The second kappa shape index (κ2) is 7.54. The van der Waals surface area contributed by atoms with Gasteiger partial charge in [0.15, 0.2) is 11.6 Å². The summed E-state index contributed by atoms with van der Waals surface area (Å²) in [5.41, 5.74) is 0. The molecule has 0 bridgehead atoms. The molecular formula is C19H36O8Si. The molecule has 8 nitrogen and oxygen atoms in total. The van der Waals surface area contributed by atoms with Crippen LogP contribution in [-0.4, -0.2) is 69.9 Å². The lowest BCUT2D eigenvalue weighted by atomic mass is 9.97. The van der Waals surface area contributed by atoms with Gasteiger partial charge in [-0.25, -0.2) is 0 Å². The molecule has 0 radical (unpaired) electrons. The number of fused-ring (bicyclic) bond motifs is 1. The molecule has 0 unspecified atom stereocenters. The molecule has 3 rings (SSSR count). The van der Waals surface area contributed by atoms with Crippen molar-refractivity contribution in [1.29, 1.82) is 0 Å². The van der Waals surface area contributed by atoms with Crippen LogP contribution in [0.5, 0.6) is 0 Å². The van der Waals surface area contributed by atoms with Gasteiger partial charge in [0.2, 0.25) is 5.79 Å². The largest absolute Gasteiger partial charge is 0.498 e. The zero-order chi connectivity index (χ0) is 21.0. The number of rotatable bonds is 6. The molecule has 0 saturated carbocycles. The summed E-state index contributed by atoms with van der Waals surface area (Å²) in [4.78, 5) is 0. The Labute approximate surface area is 169 Å². The maximum Gasteiger partial charge on any atom is 0.498 e. The van der Waals surface area contributed by atoms with Crippen molar-refractivity contribution in [3.8, 4) is 0 Å². The third-order valence-corrected chi connectivity index (χ3v) is 7.21. The summed E-state index contributed by atoms with van der Waals surface area (Å²) >= 11 is 0. The molecule has 0 N–H and O–H groups in total. The molecule has 3 aliphatic rings. The Balaban J connectivity index is 1.93. The van der Waals surface area contributed by atoms with E-state index in [2.05, 4.69) is 0 Å². The third-order valence-electron chi connectivity index (χ3n) is 4.73. The Kier molecular flexibility index (Phi) is 6.08. The van der Waals surface area contributed by atoms with E-state index in [0.717, 1.165) is 0 Å². The van der Waals surface area contributed by atoms with E-state index in [-0.39, 0.29) is 31.0 Å². The van der Waals surface area contributed by atoms with Crippen LogP contribution in [0.25, 0.3) is 0 Å². The van der Waals surface area contributed by atoms with E-state index < -0.39 is 32.3 Å². The lowest BCUT2D eigenvalue weighted by molar-refractivity contribution is -0.326. The fourth-order valence-electron chi connectivity index (χ4n) is 4.09. The number of hydrogen-bond acceptors (Lipinski definition) is 8. The molecule has 0 aromatic heterocycles. The summed E-state index contributed by atoms with van der Waals surface area (Å²) in [6, 6.07) is 0. The SMILES string of the molecule is CC(C)O[Si](C)(OC(C)C)O[C@H]1[C@@H]2OC(C)(C)O[C@@H]2CO[C@]12COC(C)(C)O2. The number of ether oxygens (including phenoxy) is 5. The zero-order valence-electron chi connectivity index (χ0n) is 18.6. The summed E-state index contributed by atoms with van der Waals surface area (Å²) in [6.07, 6.45) is -1.39. The molecule has 1 spiro atoms. The van der Waals surface area contributed by atoms with Crippen molar-refractivity contribution in [2.45, 2.75) is 110 Å². The Morgan fingerprint density at radius 3 is 2.00 bits per heavy atom. The minimum Gasteiger partial charge on any atom is -0.371 e. The summed E-state index contributed by atoms with van der Waals surface area (Å²) in [7, 11) is -3.06. The molecule has 3 aliphatic heterocycles. The third kappa shape index (κ3) is 4.79. The first-order chi connectivity index (χ1) is 12.7. The highest BCUT2D eigenvalue weighted by molar-refractivity contribution is 6.59. The van der Waals surface area contributed by atoms with E-state index in [1.165, 1.54) is 0 Å². The van der Waals surface area contributed by atoms with Gasteiger partial charge in [-0.05, 0) is 55.4 Å². The van der Waals surface area contributed by atoms with Gasteiger partial charge in [0.1, 0.15) is 24.9 Å². The Morgan fingerprint density at radius 1 is 0.893 bits per heavy atom. The molecule has 3 fully saturated rings. The van der Waals surface area contributed by atoms with E-state index in [4.69, 9.17) is 37.0 Å². The van der Waals surface area contributed by atoms with Crippen molar-refractivity contribution in [3.63, 3.8) is 0 Å². The van der Waals surface area contributed by atoms with Crippen molar-refractivity contribution in [2.75, 3.05) is 13.2 Å². The fraction of sp³-hybridized carbons (Fsp3) is 1.00. The maximum atomic E-state index is 6.60. The van der Waals surface area contributed by atoms with Crippen molar-refractivity contribution >= 4 is 8.80 Å². The molecule has 9 heteroatoms. The molecule has 3 saturated heterocycles. The zero-order valence-corrected chi connectivity index (χ0v) is 19.6. The summed E-state index contributed by atoms with van der Waals surface area (Å²) < 4.78 is 49.4. The Bertz CT molecular complexity index is 554. The van der Waals surface area contributed by atoms with Crippen LogP contribution in [0.3, 0.4) is 0 Å². The molecule has 164 valence electrons. The summed E-state index contributed by atoms with van der Waals surface area (Å²) in [5, 5.41) is 0. The smallest absolute Gasteiger partial charge is 0.371 e. The van der Waals surface area contributed by atoms with Gasteiger partial charge in [-0.15, -0.1) is 0 Å². The second-order valence-corrected chi connectivity index (χ2v) is 11.7. The van der Waals surface area contributed by atoms with E-state index >= 15 is 0 Å². The van der Waals surface area contributed by atoms with Crippen LogP contribution >= 0.6 is 0 Å². The van der Waals surface area contributed by atoms with E-state index in [1.54, 1.807) is 0 Å². The van der Waals surface area contributed by atoms with Gasteiger partial charge in [0.25, 0.3) is 0 Å². The van der Waals surface area contributed by atoms with E-state index in [9.17, 15) is 0 Å². The van der Waals surface area contributed by atoms with Gasteiger partial charge in [-0.2, -0.15) is 0 Å². The predicted molar refractivity (Wildman–Crippen MR) is 103 cm³/mol. The van der Waals surface area contributed by atoms with Gasteiger partial charge < -0.3 is 37.0 Å². The standard InChI is InChI=1S/C19H36O8Si/c1-12(2)24-28(9,25-13(3)4)26-16-15-14(22-18(7,8)23-15)10-20-19(16)11-21-17(5,6)27-19/h12-16H,10-11H2,1-9H3/t14-,15-,16+,19+/m1/s1. The molecule has 4 atom stereocenters. The minimum absolute atomic E-state index is 0.0546. The van der Waals surface area contributed by atoms with Crippen LogP contribution in [0.1, 0.15) is 55.4 Å². The normalized spacial score (nSPS) is 37.2. The minimum atomic E-state index is -3.06. The quantitative estimate of drug-likeness (QED) is 0.608. The Hall–Kier alpha value is -0.103. The van der Waals surface area contributed by atoms with Gasteiger partial charge in [-0.1, -0.05) is 0 Å². The highest BCUT2D eigenvalue weighted by Gasteiger charge is 2.65. The first-order valence-corrected chi connectivity index (χ1v) is 12.3. The van der Waals surface area contributed by atoms with Crippen LogP contribution < -0.4 is 0 Å². The van der Waals surface area contributed by atoms with Crippen molar-refractivity contribution in [2.24, 2.45) is 0 Å². The first-order valence-electron chi connectivity index (χ1n) is 10.1. The maximum absolute atomic E-state index is 6.60. The highest BCUT2D eigenvalue weighted by atomic mass is 28.4. The van der Waals surface area contributed by atoms with Crippen molar-refractivity contribution in [3.05, 3.63) is 0 Å². The topological polar surface area (TPSA) is 73.8 Å². The molecular weight excluding hydrogens is 384 g/mol. The van der Waals surface area contributed by atoms with E-state index in [0.29, 0.717) is 6.61 Å². The monoisotopic (exact) mass is 420 g/mol. The van der Waals surface area contributed by atoms with Gasteiger partial charge in [-0.3, -0.25) is 0 Å². The molecule has 0 amide bonds. The van der Waals surface area contributed by atoms with E-state index in [1.807, 2.05) is 61.9 Å². The second-order valence-electron chi connectivity index (χ2n) is 9.29.